The zero-order chi connectivity index (χ0) is 19.2. The van der Waals surface area contributed by atoms with Gasteiger partial charge in [-0.3, -0.25) is 4.79 Å². The van der Waals surface area contributed by atoms with E-state index in [-0.39, 0.29) is 10.3 Å². The van der Waals surface area contributed by atoms with E-state index in [1.165, 1.54) is 36.0 Å². The summed E-state index contributed by atoms with van der Waals surface area (Å²) in [5.74, 6) is -0.275. The third-order valence-corrected chi connectivity index (χ3v) is 9.36. The molecular formula is C19H19FN2O3S2. The van der Waals surface area contributed by atoms with E-state index in [1.807, 2.05) is 6.07 Å². The van der Waals surface area contributed by atoms with Gasteiger partial charge in [-0.2, -0.15) is 0 Å². The maximum Gasteiger partial charge on any atom is 0.248 e. The van der Waals surface area contributed by atoms with Crippen molar-refractivity contribution in [2.45, 2.75) is 27.7 Å². The van der Waals surface area contributed by atoms with Crippen LogP contribution in [0.15, 0.2) is 47.4 Å². The van der Waals surface area contributed by atoms with Crippen molar-refractivity contribution in [2.24, 2.45) is 5.73 Å². The molecule has 1 amide bonds. The summed E-state index contributed by atoms with van der Waals surface area (Å²) in [6.45, 7) is 0.626. The van der Waals surface area contributed by atoms with Crippen LogP contribution < -0.4 is 11.1 Å². The number of anilines is 1. The van der Waals surface area contributed by atoms with E-state index in [4.69, 9.17) is 5.73 Å². The van der Waals surface area contributed by atoms with Crippen molar-refractivity contribution < 1.29 is 17.6 Å². The first-order valence-electron chi connectivity index (χ1n) is 8.61. The summed E-state index contributed by atoms with van der Waals surface area (Å²) in [6.07, 6.45) is 1.24. The van der Waals surface area contributed by atoms with E-state index in [9.17, 15) is 17.6 Å². The minimum Gasteiger partial charge on any atom is -0.384 e. The molecule has 5 nitrogen and oxygen atoms in total. The highest BCUT2D eigenvalue weighted by atomic mass is 32.3. The first kappa shape index (κ1) is 18.3. The van der Waals surface area contributed by atoms with Gasteiger partial charge in [0.05, 0.1) is 4.90 Å². The lowest BCUT2D eigenvalue weighted by Crippen LogP contribution is -2.39. The van der Waals surface area contributed by atoms with Crippen molar-refractivity contribution in [3.63, 3.8) is 0 Å². The molecule has 2 heterocycles. The second kappa shape index (κ2) is 6.53. The number of primary amides is 1. The molecular weight excluding hydrogens is 387 g/mol. The Morgan fingerprint density at radius 1 is 1.22 bits per heavy atom. The number of thioether (sulfide) groups is 1. The molecule has 0 aliphatic carbocycles. The first-order valence-corrected chi connectivity index (χ1v) is 11.2. The topological polar surface area (TPSA) is 89.3 Å². The smallest absolute Gasteiger partial charge is 0.248 e. The summed E-state index contributed by atoms with van der Waals surface area (Å²) in [6, 6.07) is 10.3. The summed E-state index contributed by atoms with van der Waals surface area (Å²) in [4.78, 5) is 11.7. The lowest BCUT2D eigenvalue weighted by molar-refractivity contribution is 0.1000. The maximum absolute atomic E-state index is 13.2. The molecule has 2 aliphatic rings. The van der Waals surface area contributed by atoms with E-state index >= 15 is 0 Å². The number of fused-ring (bicyclic) bond motifs is 2. The molecule has 2 aromatic carbocycles. The highest BCUT2D eigenvalue weighted by Crippen LogP contribution is 2.50. The molecule has 142 valence electrons. The minimum atomic E-state index is -3.59. The van der Waals surface area contributed by atoms with Gasteiger partial charge in [0.25, 0.3) is 0 Å². The fraction of sp³-hybridized carbons (Fsp3) is 0.316. The summed E-state index contributed by atoms with van der Waals surface area (Å²) in [5.41, 5.74) is 7.37. The Bertz CT molecular complexity index is 1000. The molecule has 2 atom stereocenters. The molecule has 0 bridgehead atoms. The molecule has 8 heteroatoms. The predicted molar refractivity (Wildman–Crippen MR) is 104 cm³/mol. The molecule has 1 saturated heterocycles. The van der Waals surface area contributed by atoms with Gasteiger partial charge in [-0.25, -0.2) is 12.8 Å². The molecule has 1 fully saturated rings. The minimum absolute atomic E-state index is 0.135. The molecule has 3 N–H and O–H groups in total. The van der Waals surface area contributed by atoms with Crippen LogP contribution in [0.3, 0.4) is 0 Å². The van der Waals surface area contributed by atoms with E-state index in [0.29, 0.717) is 24.3 Å². The lowest BCUT2D eigenvalue weighted by Gasteiger charge is -2.37. The average Bonchev–Trinajstić information content (AvgIpc) is 2.99. The van der Waals surface area contributed by atoms with E-state index in [0.717, 1.165) is 17.7 Å². The van der Waals surface area contributed by atoms with Crippen LogP contribution in [-0.4, -0.2) is 31.2 Å². The zero-order valence-corrected chi connectivity index (χ0v) is 16.1. The molecule has 2 unspecified atom stereocenters. The lowest BCUT2D eigenvalue weighted by atomic mass is 9.76. The molecule has 0 aromatic heterocycles. The number of hydrogen-bond donors (Lipinski definition) is 2. The summed E-state index contributed by atoms with van der Waals surface area (Å²) in [5, 5.41) is 3.34. The van der Waals surface area contributed by atoms with Crippen LogP contribution in [-0.2, 0) is 15.3 Å². The second-order valence-electron chi connectivity index (χ2n) is 7.01. The van der Waals surface area contributed by atoms with Crippen LogP contribution >= 0.6 is 11.8 Å². The number of nitrogens with two attached hydrogens (primary N) is 1. The molecule has 2 aromatic rings. The number of benzene rings is 2. The van der Waals surface area contributed by atoms with Crippen molar-refractivity contribution in [1.82, 2.24) is 0 Å². The number of sulfone groups is 1. The number of rotatable bonds is 3. The number of hydrogen-bond acceptors (Lipinski definition) is 5. The Balaban J connectivity index is 1.69. The first-order chi connectivity index (χ1) is 12.8. The fourth-order valence-corrected chi connectivity index (χ4v) is 7.80. The number of carbonyl (C=O) groups is 1. The highest BCUT2D eigenvalue weighted by molar-refractivity contribution is 8.13. The van der Waals surface area contributed by atoms with Gasteiger partial charge in [-0.15, -0.1) is 11.8 Å². The Morgan fingerprint density at radius 3 is 2.67 bits per heavy atom. The second-order valence-corrected chi connectivity index (χ2v) is 10.8. The van der Waals surface area contributed by atoms with Crippen molar-refractivity contribution >= 4 is 33.2 Å². The van der Waals surface area contributed by atoms with Gasteiger partial charge in [0.2, 0.25) is 5.91 Å². The third-order valence-electron chi connectivity index (χ3n) is 5.42. The number of nitrogens with one attached hydrogen (secondary N) is 1. The van der Waals surface area contributed by atoms with Gasteiger partial charge < -0.3 is 11.1 Å². The van der Waals surface area contributed by atoms with E-state index < -0.39 is 26.1 Å². The zero-order valence-electron chi connectivity index (χ0n) is 14.4. The van der Waals surface area contributed by atoms with Crippen molar-refractivity contribution in [3.05, 3.63) is 59.4 Å². The van der Waals surface area contributed by atoms with Crippen LogP contribution in [0, 0.1) is 5.82 Å². The highest BCUT2D eigenvalue weighted by Gasteiger charge is 2.46. The van der Waals surface area contributed by atoms with Crippen LogP contribution in [0.25, 0.3) is 0 Å². The predicted octanol–water partition coefficient (Wildman–Crippen LogP) is 2.91. The molecule has 0 radical (unpaired) electrons. The maximum atomic E-state index is 13.2. The average molecular weight is 407 g/mol. The van der Waals surface area contributed by atoms with Crippen LogP contribution in [0.1, 0.15) is 28.8 Å². The summed E-state index contributed by atoms with van der Waals surface area (Å²) >= 11 is 1.41. The molecule has 2 aliphatic heterocycles. The van der Waals surface area contributed by atoms with Gasteiger partial charge in [-0.1, -0.05) is 0 Å². The Kier molecular flexibility index (Phi) is 4.43. The number of amides is 1. The largest absolute Gasteiger partial charge is 0.384 e. The summed E-state index contributed by atoms with van der Waals surface area (Å²) < 4.78 is 38.7. The van der Waals surface area contributed by atoms with Gasteiger partial charge in [-0.05, 0) is 66.6 Å². The molecule has 27 heavy (non-hydrogen) atoms. The van der Waals surface area contributed by atoms with Gasteiger partial charge in [0, 0.05) is 23.2 Å². The van der Waals surface area contributed by atoms with Crippen molar-refractivity contribution in [3.8, 4) is 0 Å². The Morgan fingerprint density at radius 2 is 1.96 bits per heavy atom. The monoisotopic (exact) mass is 406 g/mol. The van der Waals surface area contributed by atoms with Gasteiger partial charge >= 0.3 is 0 Å². The van der Waals surface area contributed by atoms with Crippen molar-refractivity contribution in [2.75, 3.05) is 17.6 Å². The quantitative estimate of drug-likeness (QED) is 0.765. The third kappa shape index (κ3) is 3.10. The standard InChI is InChI=1S/C19H19FN2O3S2/c20-13-2-4-14(5-3-13)27(24,25)17-10-19(7-8-26-17)11-22-16-6-1-12(18(21)23)9-15(16)19/h1-6,9,17,22H,7-8,10-11H2,(H2,21,23). The molecule has 1 spiro atoms. The fourth-order valence-electron chi connectivity index (χ4n) is 3.90. The molecule has 0 saturated carbocycles. The van der Waals surface area contributed by atoms with Crippen LogP contribution in [0.4, 0.5) is 10.1 Å². The number of carbonyl (C=O) groups excluding carboxylic acids is 1. The van der Waals surface area contributed by atoms with Gasteiger partial charge in [0.15, 0.2) is 9.84 Å². The van der Waals surface area contributed by atoms with Crippen LogP contribution in [0.5, 0.6) is 0 Å². The Hall–Kier alpha value is -2.06. The summed E-state index contributed by atoms with van der Waals surface area (Å²) in [7, 11) is -3.59. The van der Waals surface area contributed by atoms with Crippen molar-refractivity contribution in [1.29, 1.82) is 0 Å². The number of halogens is 1. The van der Waals surface area contributed by atoms with E-state index in [2.05, 4.69) is 5.32 Å². The normalized spacial score (nSPS) is 24.4. The molecule has 4 rings (SSSR count). The van der Waals surface area contributed by atoms with Gasteiger partial charge in [0.1, 0.15) is 10.4 Å². The Labute approximate surface area is 161 Å². The van der Waals surface area contributed by atoms with Crippen LogP contribution in [0.2, 0.25) is 0 Å². The van der Waals surface area contributed by atoms with E-state index in [1.54, 1.807) is 12.1 Å². The SMILES string of the molecule is NC(=O)c1ccc2c(c1)C1(CCSC(S(=O)(=O)c3ccc(F)cc3)C1)CN2.